The van der Waals surface area contributed by atoms with E-state index >= 15 is 0 Å². The maximum Gasteiger partial charge on any atom is 0.262 e. The van der Waals surface area contributed by atoms with E-state index in [2.05, 4.69) is 11.5 Å². The van der Waals surface area contributed by atoms with Crippen LogP contribution in [0.2, 0.25) is 0 Å². The van der Waals surface area contributed by atoms with Gasteiger partial charge in [-0.1, -0.05) is 30.8 Å². The molecule has 0 bridgehead atoms. The minimum atomic E-state index is -0.188. The van der Waals surface area contributed by atoms with Crippen molar-refractivity contribution in [2.45, 2.75) is 51.9 Å². The largest absolute Gasteiger partial charge is 0.383 e. The topological polar surface area (TPSA) is 66.1 Å². The first-order valence-electron chi connectivity index (χ1n) is 10.2. The number of carbonyl (C=O) groups excluding carboxylic acids is 1. The van der Waals surface area contributed by atoms with Crippen LogP contribution in [0.5, 0.6) is 0 Å². The molecule has 30 heavy (non-hydrogen) atoms. The van der Waals surface area contributed by atoms with Gasteiger partial charge in [0.2, 0.25) is 0 Å². The number of fused-ring (bicyclic) bond motifs is 1. The molecule has 3 aromatic rings. The van der Waals surface area contributed by atoms with Crippen molar-refractivity contribution in [3.63, 3.8) is 0 Å². The molecule has 0 aliphatic carbocycles. The standard InChI is InChI=1S/C23H29N3O3S/c1-6-11-25-15(2)12-19(17(25)4)21(27)14-30-23-24-20-10-8-7-9-18(20)22(28)26(23)16(3)13-29-5/h7-10,12,16H,6,11,13-14H2,1-5H3/t16-/m1/s1. The lowest BCUT2D eigenvalue weighted by Gasteiger charge is -2.18. The summed E-state index contributed by atoms with van der Waals surface area (Å²) in [6.45, 7) is 9.36. The Morgan fingerprint density at radius 2 is 2.00 bits per heavy atom. The van der Waals surface area contributed by atoms with Crippen molar-refractivity contribution in [3.05, 3.63) is 57.6 Å². The van der Waals surface area contributed by atoms with Crippen LogP contribution >= 0.6 is 11.8 Å². The zero-order valence-corrected chi connectivity index (χ0v) is 19.1. The summed E-state index contributed by atoms with van der Waals surface area (Å²) in [5, 5.41) is 1.11. The van der Waals surface area contributed by atoms with E-state index in [4.69, 9.17) is 9.72 Å². The number of methoxy groups -OCH3 is 1. The minimum absolute atomic E-state index is 0.0452. The maximum atomic E-state index is 13.1. The van der Waals surface area contributed by atoms with Crippen molar-refractivity contribution in [1.29, 1.82) is 0 Å². The third-order valence-corrected chi connectivity index (χ3v) is 6.23. The third-order valence-electron chi connectivity index (χ3n) is 5.28. The second kappa shape index (κ2) is 9.62. The molecule has 2 heterocycles. The number of aryl methyl sites for hydroxylation is 1. The number of hydrogen-bond acceptors (Lipinski definition) is 5. The van der Waals surface area contributed by atoms with Crippen molar-refractivity contribution in [3.8, 4) is 0 Å². The molecule has 7 heteroatoms. The summed E-state index contributed by atoms with van der Waals surface area (Å²) < 4.78 is 9.09. The van der Waals surface area contributed by atoms with Gasteiger partial charge >= 0.3 is 0 Å². The molecule has 6 nitrogen and oxygen atoms in total. The van der Waals surface area contributed by atoms with Crippen molar-refractivity contribution >= 4 is 28.4 Å². The number of hydrogen-bond donors (Lipinski definition) is 0. The highest BCUT2D eigenvalue weighted by Gasteiger charge is 2.20. The van der Waals surface area contributed by atoms with Crippen LogP contribution in [0.25, 0.3) is 10.9 Å². The number of ether oxygens (including phenoxy) is 1. The molecule has 0 fully saturated rings. The van der Waals surface area contributed by atoms with Crippen LogP contribution in [-0.4, -0.2) is 39.4 Å². The van der Waals surface area contributed by atoms with Gasteiger partial charge in [-0.05, 0) is 45.4 Å². The van der Waals surface area contributed by atoms with Crippen molar-refractivity contribution in [2.24, 2.45) is 0 Å². The number of ketones is 1. The Labute approximate surface area is 181 Å². The van der Waals surface area contributed by atoms with Crippen LogP contribution in [0.15, 0.2) is 40.3 Å². The molecule has 3 rings (SSSR count). The van der Waals surface area contributed by atoms with Gasteiger partial charge in [-0.25, -0.2) is 4.98 Å². The molecule has 0 spiro atoms. The van der Waals surface area contributed by atoms with E-state index in [1.807, 2.05) is 45.0 Å². The van der Waals surface area contributed by atoms with Crippen LogP contribution in [0.3, 0.4) is 0 Å². The molecule has 1 atom stereocenters. The molecule has 0 saturated heterocycles. The van der Waals surface area contributed by atoms with Gasteiger partial charge in [-0.3, -0.25) is 14.2 Å². The van der Waals surface area contributed by atoms with Crippen molar-refractivity contribution in [1.82, 2.24) is 14.1 Å². The SMILES string of the molecule is CCCn1c(C)cc(C(=O)CSc2nc3ccccc3c(=O)n2[C@H](C)COC)c1C. The lowest BCUT2D eigenvalue weighted by molar-refractivity contribution is 0.102. The van der Waals surface area contributed by atoms with Gasteiger partial charge in [-0.15, -0.1) is 0 Å². The highest BCUT2D eigenvalue weighted by atomic mass is 32.2. The quantitative estimate of drug-likeness (QED) is 0.288. The number of benzene rings is 1. The Hall–Kier alpha value is -2.38. The Morgan fingerprint density at radius 1 is 1.27 bits per heavy atom. The molecule has 2 aromatic heterocycles. The fourth-order valence-electron chi connectivity index (χ4n) is 3.79. The zero-order chi connectivity index (χ0) is 21.8. The molecule has 0 radical (unpaired) electrons. The van der Waals surface area contributed by atoms with E-state index in [0.29, 0.717) is 22.7 Å². The normalized spacial score (nSPS) is 12.4. The predicted octanol–water partition coefficient (Wildman–Crippen LogP) is 4.41. The highest BCUT2D eigenvalue weighted by Crippen LogP contribution is 2.24. The van der Waals surface area contributed by atoms with Crippen LogP contribution < -0.4 is 5.56 Å². The van der Waals surface area contributed by atoms with Gasteiger partial charge in [0, 0.05) is 30.6 Å². The summed E-state index contributed by atoms with van der Waals surface area (Å²) in [5.41, 5.74) is 3.36. The summed E-state index contributed by atoms with van der Waals surface area (Å²) in [5.74, 6) is 0.268. The molecule has 0 saturated carbocycles. The smallest absolute Gasteiger partial charge is 0.262 e. The molecule has 0 unspecified atom stereocenters. The van der Waals surface area contributed by atoms with E-state index in [1.165, 1.54) is 11.8 Å². The lowest BCUT2D eigenvalue weighted by atomic mass is 10.2. The third kappa shape index (κ3) is 4.37. The summed E-state index contributed by atoms with van der Waals surface area (Å²) in [7, 11) is 1.61. The molecule has 1 aromatic carbocycles. The van der Waals surface area contributed by atoms with E-state index in [0.717, 1.165) is 29.9 Å². The average Bonchev–Trinajstić information content (AvgIpc) is 3.01. The first-order valence-corrected chi connectivity index (χ1v) is 11.2. The number of carbonyl (C=O) groups is 1. The predicted molar refractivity (Wildman–Crippen MR) is 122 cm³/mol. The second-order valence-corrected chi connectivity index (χ2v) is 8.48. The van der Waals surface area contributed by atoms with Gasteiger partial charge in [0.1, 0.15) is 0 Å². The van der Waals surface area contributed by atoms with Crippen LogP contribution in [0, 0.1) is 13.8 Å². The van der Waals surface area contributed by atoms with Crippen LogP contribution in [0.1, 0.15) is 48.1 Å². The Morgan fingerprint density at radius 3 is 2.70 bits per heavy atom. The zero-order valence-electron chi connectivity index (χ0n) is 18.3. The lowest BCUT2D eigenvalue weighted by Crippen LogP contribution is -2.28. The molecular formula is C23H29N3O3S. The molecule has 0 amide bonds. The number of aromatic nitrogens is 3. The molecular weight excluding hydrogens is 398 g/mol. The van der Waals surface area contributed by atoms with E-state index < -0.39 is 0 Å². The minimum Gasteiger partial charge on any atom is -0.383 e. The van der Waals surface area contributed by atoms with Gasteiger partial charge in [0.05, 0.1) is 29.3 Å². The number of nitrogens with zero attached hydrogens (tertiary/aromatic N) is 3. The first-order chi connectivity index (χ1) is 14.4. The first kappa shape index (κ1) is 22.3. The van der Waals surface area contributed by atoms with Gasteiger partial charge in [0.15, 0.2) is 10.9 Å². The molecule has 0 aliphatic heterocycles. The highest BCUT2D eigenvalue weighted by molar-refractivity contribution is 7.99. The van der Waals surface area contributed by atoms with Gasteiger partial charge in [0.25, 0.3) is 5.56 Å². The fraction of sp³-hybridized carbons (Fsp3) is 0.435. The van der Waals surface area contributed by atoms with Gasteiger partial charge in [-0.2, -0.15) is 0 Å². The number of thioether (sulfide) groups is 1. The van der Waals surface area contributed by atoms with Crippen LogP contribution in [0.4, 0.5) is 0 Å². The Balaban J connectivity index is 1.93. The summed E-state index contributed by atoms with van der Waals surface area (Å²) in [6.07, 6.45) is 1.02. The van der Waals surface area contributed by atoms with E-state index in [9.17, 15) is 9.59 Å². The summed E-state index contributed by atoms with van der Waals surface area (Å²) >= 11 is 1.31. The van der Waals surface area contributed by atoms with E-state index in [-0.39, 0.29) is 23.1 Å². The fourth-order valence-corrected chi connectivity index (χ4v) is 4.77. The molecule has 0 aliphatic rings. The van der Waals surface area contributed by atoms with Crippen molar-refractivity contribution in [2.75, 3.05) is 19.5 Å². The van der Waals surface area contributed by atoms with E-state index in [1.54, 1.807) is 17.7 Å². The van der Waals surface area contributed by atoms with Gasteiger partial charge < -0.3 is 9.30 Å². The average molecular weight is 428 g/mol. The number of Topliss-reactive ketones (excluding diaryl/α,β-unsaturated/α-hetero) is 1. The second-order valence-electron chi connectivity index (χ2n) is 7.54. The van der Waals surface area contributed by atoms with Crippen LogP contribution in [-0.2, 0) is 11.3 Å². The summed E-state index contributed by atoms with van der Waals surface area (Å²) in [4.78, 5) is 30.8. The monoisotopic (exact) mass is 427 g/mol. The number of para-hydroxylation sites is 1. The Bertz CT molecular complexity index is 1120. The Kier molecular flexibility index (Phi) is 7.15. The molecule has 0 N–H and O–H groups in total. The maximum absolute atomic E-state index is 13.1. The number of rotatable bonds is 9. The molecule has 160 valence electrons. The summed E-state index contributed by atoms with van der Waals surface area (Å²) in [6, 6.07) is 9.07. The van der Waals surface area contributed by atoms with Crippen molar-refractivity contribution < 1.29 is 9.53 Å².